The van der Waals surface area contributed by atoms with E-state index in [2.05, 4.69) is 20.5 Å². The van der Waals surface area contributed by atoms with Crippen LogP contribution in [0, 0.1) is 13.8 Å². The smallest absolute Gasteiger partial charge is 0.209 e. The molecule has 3 rings (SSSR count). The van der Waals surface area contributed by atoms with Gasteiger partial charge in [0.25, 0.3) is 0 Å². The van der Waals surface area contributed by atoms with Crippen molar-refractivity contribution >= 4 is 11.5 Å². The minimum absolute atomic E-state index is 0.618. The van der Waals surface area contributed by atoms with Gasteiger partial charge >= 0.3 is 0 Å². The normalized spacial score (nSPS) is 15.9. The Morgan fingerprint density at radius 3 is 2.80 bits per heavy atom. The summed E-state index contributed by atoms with van der Waals surface area (Å²) in [5, 5.41) is 5.29. The van der Waals surface area contributed by atoms with Crippen LogP contribution in [0.2, 0.25) is 0 Å². The zero-order valence-corrected chi connectivity index (χ0v) is 9.58. The molecule has 15 heavy (non-hydrogen) atoms. The van der Waals surface area contributed by atoms with Gasteiger partial charge in [-0.1, -0.05) is 0 Å². The Balaban J connectivity index is 2.00. The SMILES string of the molecule is Cc1cc(C)n(-c2nc(C3CC3)ns2)n1. The minimum atomic E-state index is 0.618. The first-order valence-corrected chi connectivity index (χ1v) is 5.88. The van der Waals surface area contributed by atoms with Crippen molar-refractivity contribution in [2.75, 3.05) is 0 Å². The van der Waals surface area contributed by atoms with Crippen LogP contribution in [-0.4, -0.2) is 19.1 Å². The molecule has 0 atom stereocenters. The largest absolute Gasteiger partial charge is 0.230 e. The van der Waals surface area contributed by atoms with Crippen LogP contribution < -0.4 is 0 Å². The fraction of sp³-hybridized carbons (Fsp3) is 0.500. The molecule has 1 aliphatic carbocycles. The van der Waals surface area contributed by atoms with E-state index in [0.717, 1.165) is 22.3 Å². The molecule has 2 heterocycles. The number of aromatic nitrogens is 4. The van der Waals surface area contributed by atoms with Crippen LogP contribution in [0.1, 0.15) is 36.0 Å². The van der Waals surface area contributed by atoms with Gasteiger partial charge in [0.05, 0.1) is 5.69 Å². The molecule has 0 radical (unpaired) electrons. The average Bonchev–Trinajstić information content (AvgIpc) is 2.83. The molecule has 78 valence electrons. The fourth-order valence-corrected chi connectivity index (χ4v) is 2.40. The molecule has 1 fully saturated rings. The van der Waals surface area contributed by atoms with E-state index < -0.39 is 0 Å². The van der Waals surface area contributed by atoms with E-state index in [1.807, 2.05) is 18.5 Å². The minimum Gasteiger partial charge on any atom is -0.209 e. The summed E-state index contributed by atoms with van der Waals surface area (Å²) < 4.78 is 6.25. The van der Waals surface area contributed by atoms with Crippen molar-refractivity contribution in [3.63, 3.8) is 0 Å². The lowest BCUT2D eigenvalue weighted by atomic mass is 10.4. The van der Waals surface area contributed by atoms with Crippen molar-refractivity contribution in [2.45, 2.75) is 32.6 Å². The van der Waals surface area contributed by atoms with Gasteiger partial charge in [-0.2, -0.15) is 9.47 Å². The lowest BCUT2D eigenvalue weighted by molar-refractivity contribution is 0.814. The van der Waals surface area contributed by atoms with E-state index in [1.54, 1.807) is 0 Å². The third kappa shape index (κ3) is 1.56. The highest BCUT2D eigenvalue weighted by Gasteiger charge is 2.28. The van der Waals surface area contributed by atoms with Crippen molar-refractivity contribution in [3.05, 3.63) is 23.3 Å². The molecule has 1 aliphatic rings. The first-order valence-electron chi connectivity index (χ1n) is 5.11. The molecule has 0 N–H and O–H groups in total. The number of hydrogen-bond donors (Lipinski definition) is 0. The summed E-state index contributed by atoms with van der Waals surface area (Å²) in [6.07, 6.45) is 2.49. The van der Waals surface area contributed by atoms with E-state index in [1.165, 1.54) is 24.4 Å². The maximum Gasteiger partial charge on any atom is 0.230 e. The summed E-state index contributed by atoms with van der Waals surface area (Å²) in [6.45, 7) is 4.03. The zero-order valence-electron chi connectivity index (χ0n) is 8.77. The van der Waals surface area contributed by atoms with Crippen molar-refractivity contribution < 1.29 is 0 Å². The first-order chi connectivity index (χ1) is 7.24. The predicted octanol–water partition coefficient (Wildman–Crippen LogP) is 2.22. The van der Waals surface area contributed by atoms with Gasteiger partial charge < -0.3 is 0 Å². The quantitative estimate of drug-likeness (QED) is 0.779. The summed E-state index contributed by atoms with van der Waals surface area (Å²) in [4.78, 5) is 4.52. The van der Waals surface area contributed by atoms with Crippen molar-refractivity contribution in [3.8, 4) is 5.13 Å². The molecule has 0 amide bonds. The van der Waals surface area contributed by atoms with Gasteiger partial charge in [0.15, 0.2) is 0 Å². The summed E-state index contributed by atoms with van der Waals surface area (Å²) in [5.41, 5.74) is 2.14. The molecule has 1 saturated carbocycles. The Bertz CT molecular complexity index is 495. The van der Waals surface area contributed by atoms with Crippen LogP contribution in [0.25, 0.3) is 5.13 Å². The van der Waals surface area contributed by atoms with Crippen LogP contribution in [0.15, 0.2) is 6.07 Å². The third-order valence-electron chi connectivity index (χ3n) is 2.56. The van der Waals surface area contributed by atoms with Gasteiger partial charge in [-0.05, 0) is 32.8 Å². The van der Waals surface area contributed by atoms with E-state index in [9.17, 15) is 0 Å². The molecule has 4 nitrogen and oxygen atoms in total. The van der Waals surface area contributed by atoms with Crippen molar-refractivity contribution in [1.29, 1.82) is 0 Å². The molecule has 0 aromatic carbocycles. The Labute approximate surface area is 92.1 Å². The topological polar surface area (TPSA) is 43.6 Å². The molecule has 0 unspecified atom stereocenters. The second-order valence-corrected chi connectivity index (χ2v) is 4.78. The zero-order chi connectivity index (χ0) is 10.4. The standard InChI is InChI=1S/C10H12N4S/c1-6-5-7(2)14(12-6)10-11-9(13-15-10)8-3-4-8/h5,8H,3-4H2,1-2H3. The van der Waals surface area contributed by atoms with E-state index in [4.69, 9.17) is 0 Å². The van der Waals surface area contributed by atoms with Crippen LogP contribution >= 0.6 is 11.5 Å². The number of aryl methyl sites for hydroxylation is 2. The summed E-state index contributed by atoms with van der Waals surface area (Å²) in [7, 11) is 0. The van der Waals surface area contributed by atoms with Gasteiger partial charge in [-0.15, -0.1) is 0 Å². The number of hydrogen-bond acceptors (Lipinski definition) is 4. The Morgan fingerprint density at radius 1 is 1.40 bits per heavy atom. The molecule has 0 aliphatic heterocycles. The Hall–Kier alpha value is -1.23. The first kappa shape index (κ1) is 9.03. The predicted molar refractivity (Wildman–Crippen MR) is 58.5 cm³/mol. The summed E-state index contributed by atoms with van der Waals surface area (Å²) in [6, 6.07) is 2.05. The summed E-state index contributed by atoms with van der Waals surface area (Å²) >= 11 is 1.44. The summed E-state index contributed by atoms with van der Waals surface area (Å²) in [5.74, 6) is 1.62. The molecule has 0 bridgehead atoms. The van der Waals surface area contributed by atoms with Crippen LogP contribution in [0.5, 0.6) is 0 Å². The fourth-order valence-electron chi connectivity index (χ4n) is 1.64. The van der Waals surface area contributed by atoms with E-state index >= 15 is 0 Å². The van der Waals surface area contributed by atoms with Gasteiger partial charge in [0.1, 0.15) is 5.82 Å². The van der Waals surface area contributed by atoms with E-state index in [0.29, 0.717) is 5.92 Å². The lowest BCUT2D eigenvalue weighted by Crippen LogP contribution is -1.98. The van der Waals surface area contributed by atoms with Gasteiger partial charge in [-0.25, -0.2) is 9.67 Å². The molecular formula is C10H12N4S. The second-order valence-electron chi connectivity index (χ2n) is 4.05. The maximum absolute atomic E-state index is 4.52. The highest BCUT2D eigenvalue weighted by atomic mass is 32.1. The lowest BCUT2D eigenvalue weighted by Gasteiger charge is -1.95. The van der Waals surface area contributed by atoms with Crippen LogP contribution in [0.3, 0.4) is 0 Å². The van der Waals surface area contributed by atoms with Gasteiger partial charge in [0, 0.05) is 23.1 Å². The maximum atomic E-state index is 4.52. The highest BCUT2D eigenvalue weighted by Crippen LogP contribution is 2.39. The highest BCUT2D eigenvalue weighted by molar-refractivity contribution is 7.08. The van der Waals surface area contributed by atoms with Gasteiger partial charge in [0.2, 0.25) is 5.13 Å². The Morgan fingerprint density at radius 2 is 2.20 bits per heavy atom. The molecule has 2 aromatic heterocycles. The third-order valence-corrected chi connectivity index (χ3v) is 3.27. The second kappa shape index (κ2) is 3.13. The molecule has 5 heteroatoms. The number of nitrogens with zero attached hydrogens (tertiary/aromatic N) is 4. The molecule has 0 spiro atoms. The van der Waals surface area contributed by atoms with Gasteiger partial charge in [-0.3, -0.25) is 0 Å². The molecule has 0 saturated heterocycles. The van der Waals surface area contributed by atoms with Crippen LogP contribution in [0.4, 0.5) is 0 Å². The monoisotopic (exact) mass is 220 g/mol. The number of rotatable bonds is 2. The van der Waals surface area contributed by atoms with Crippen molar-refractivity contribution in [1.82, 2.24) is 19.1 Å². The Kier molecular flexibility index (Phi) is 1.88. The molecule has 2 aromatic rings. The average molecular weight is 220 g/mol. The van der Waals surface area contributed by atoms with E-state index in [-0.39, 0.29) is 0 Å². The van der Waals surface area contributed by atoms with Crippen LogP contribution in [-0.2, 0) is 0 Å². The molecular weight excluding hydrogens is 208 g/mol. The van der Waals surface area contributed by atoms with Crippen molar-refractivity contribution in [2.24, 2.45) is 0 Å².